The third-order valence-electron chi connectivity index (χ3n) is 9.71. The fraction of sp³-hybridized carbons (Fsp3) is 0.455. The fourth-order valence-electron chi connectivity index (χ4n) is 7.30. The van der Waals surface area contributed by atoms with E-state index in [2.05, 4.69) is 9.88 Å². The Labute approximate surface area is 283 Å². The van der Waals surface area contributed by atoms with Gasteiger partial charge < -0.3 is 25.0 Å². The molecule has 2 N–H and O–H groups in total. The maximum Gasteiger partial charge on any atom is 0.319 e. The number of nitrogens with zero attached hydrogens (tertiary/aromatic N) is 6. The highest BCUT2D eigenvalue weighted by Gasteiger charge is 2.49. The van der Waals surface area contributed by atoms with Crippen LogP contribution in [0.5, 0.6) is 11.8 Å². The summed E-state index contributed by atoms with van der Waals surface area (Å²) in [6.45, 7) is 3.42. The van der Waals surface area contributed by atoms with Crippen molar-refractivity contribution in [3.05, 3.63) is 34.4 Å². The van der Waals surface area contributed by atoms with Crippen molar-refractivity contribution in [2.45, 2.75) is 50.4 Å². The predicted octanol–water partition coefficient (Wildman–Crippen LogP) is 5.92. The normalized spacial score (nSPS) is 22.1. The van der Waals surface area contributed by atoms with Crippen LogP contribution in [0.3, 0.4) is 0 Å². The zero-order chi connectivity index (χ0) is 34.1. The molecule has 15 heteroatoms. The summed E-state index contributed by atoms with van der Waals surface area (Å²) in [4.78, 5) is 27.4. The minimum Gasteiger partial charge on any atom is -0.489 e. The van der Waals surface area contributed by atoms with Gasteiger partial charge in [-0.05, 0) is 37.9 Å². The smallest absolute Gasteiger partial charge is 0.319 e. The van der Waals surface area contributed by atoms with Gasteiger partial charge in [0.05, 0.1) is 32.3 Å². The number of nitrogens with two attached hydrogens (primary N) is 1. The Balaban J connectivity index is 1.44. The number of hydrogen-bond donors (Lipinski definition) is 1. The first-order chi connectivity index (χ1) is 22.9. The number of rotatable bonds is 7. The fourth-order valence-corrected chi connectivity index (χ4v) is 8.59. The van der Waals surface area contributed by atoms with E-state index in [0.717, 1.165) is 30.7 Å². The van der Waals surface area contributed by atoms with E-state index in [1.165, 1.54) is 17.0 Å². The molecule has 5 heterocycles. The standard InChI is InChI=1S/C33H33ClF3N7O3S/c1-16-14-46-28-24-27(26(37)23(25(28)34)18-5-6-20(36)29-22(18)19(12-38)30(39)48-29)40-32(41-31(24)44(16)10-7-21(45)42(2)3)47-15-33-8-4-9-43(33)13-17(35)11-33/h5-6,16-17H,4,7-11,13-15,39H2,1-3H3/t16-,17+,33-/m0/s1. The van der Waals surface area contributed by atoms with E-state index in [1.54, 1.807) is 14.1 Å². The number of amides is 1. The molecule has 0 radical (unpaired) electrons. The second-order valence-corrected chi connectivity index (χ2v) is 14.3. The van der Waals surface area contributed by atoms with Gasteiger partial charge >= 0.3 is 6.01 Å². The Kier molecular flexibility index (Phi) is 8.20. The monoisotopic (exact) mass is 699 g/mol. The number of carbonyl (C=O) groups excluding carboxylic acids is 1. The predicted molar refractivity (Wildman–Crippen MR) is 179 cm³/mol. The van der Waals surface area contributed by atoms with E-state index < -0.39 is 23.3 Å². The molecular weight excluding hydrogens is 667 g/mol. The number of hydrogen-bond acceptors (Lipinski definition) is 10. The van der Waals surface area contributed by atoms with Crippen LogP contribution in [-0.2, 0) is 4.79 Å². The largest absolute Gasteiger partial charge is 0.489 e. The van der Waals surface area contributed by atoms with Crippen LogP contribution in [-0.4, -0.2) is 90.4 Å². The summed E-state index contributed by atoms with van der Waals surface area (Å²) < 4.78 is 59.2. The first kappa shape index (κ1) is 32.5. The van der Waals surface area contributed by atoms with Crippen LogP contribution in [0.4, 0.5) is 24.0 Å². The minimum absolute atomic E-state index is 0.00714. The summed E-state index contributed by atoms with van der Waals surface area (Å²) >= 11 is 7.89. The molecule has 0 unspecified atom stereocenters. The first-order valence-corrected chi connectivity index (χ1v) is 16.9. The van der Waals surface area contributed by atoms with Crippen molar-refractivity contribution in [2.75, 3.05) is 57.6 Å². The molecule has 0 spiro atoms. The zero-order valence-corrected chi connectivity index (χ0v) is 28.2. The van der Waals surface area contributed by atoms with Crippen LogP contribution in [0.2, 0.25) is 5.02 Å². The van der Waals surface area contributed by atoms with Gasteiger partial charge in [-0.2, -0.15) is 15.2 Å². The Morgan fingerprint density at radius 1 is 1.31 bits per heavy atom. The molecule has 2 aromatic heterocycles. The molecule has 3 aliphatic rings. The van der Waals surface area contributed by atoms with Gasteiger partial charge in [0.15, 0.2) is 11.6 Å². The Morgan fingerprint density at radius 2 is 2.10 bits per heavy atom. The van der Waals surface area contributed by atoms with E-state index in [1.807, 2.05) is 17.9 Å². The second kappa shape index (κ2) is 12.1. The lowest BCUT2D eigenvalue weighted by Crippen LogP contribution is -2.43. The lowest BCUT2D eigenvalue weighted by molar-refractivity contribution is -0.128. The van der Waals surface area contributed by atoms with Gasteiger partial charge in [0.2, 0.25) is 5.91 Å². The number of benzene rings is 2. The van der Waals surface area contributed by atoms with Gasteiger partial charge in [-0.1, -0.05) is 17.7 Å². The number of anilines is 2. The molecule has 2 fully saturated rings. The Morgan fingerprint density at radius 3 is 2.85 bits per heavy atom. The average Bonchev–Trinajstić information content (AvgIpc) is 3.67. The quantitative estimate of drug-likeness (QED) is 0.251. The molecule has 2 aromatic carbocycles. The van der Waals surface area contributed by atoms with Gasteiger partial charge in [0.1, 0.15) is 47.6 Å². The maximum absolute atomic E-state index is 17.1. The van der Waals surface area contributed by atoms with Crippen molar-refractivity contribution in [1.82, 2.24) is 19.8 Å². The van der Waals surface area contributed by atoms with Crippen LogP contribution in [0.25, 0.3) is 32.1 Å². The Bertz CT molecular complexity index is 2020. The number of fused-ring (bicyclic) bond motifs is 2. The lowest BCUT2D eigenvalue weighted by Gasteiger charge is -2.31. The van der Waals surface area contributed by atoms with Crippen molar-refractivity contribution >= 4 is 60.7 Å². The van der Waals surface area contributed by atoms with Gasteiger partial charge in [0.25, 0.3) is 0 Å². The topological polar surface area (TPSA) is 121 Å². The summed E-state index contributed by atoms with van der Waals surface area (Å²) in [6, 6.07) is 4.07. The molecule has 4 aromatic rings. The molecule has 3 aliphatic heterocycles. The number of halogens is 4. The van der Waals surface area contributed by atoms with Crippen molar-refractivity contribution < 1.29 is 27.4 Å². The highest BCUT2D eigenvalue weighted by atomic mass is 35.5. The summed E-state index contributed by atoms with van der Waals surface area (Å²) in [5, 5.41) is 10.2. The van der Waals surface area contributed by atoms with Gasteiger partial charge in [-0.3, -0.25) is 9.69 Å². The minimum atomic E-state index is -0.972. The number of nitrogen functional groups attached to an aromatic ring is 1. The summed E-state index contributed by atoms with van der Waals surface area (Å²) in [5.74, 6) is -1.21. The summed E-state index contributed by atoms with van der Waals surface area (Å²) in [7, 11) is 3.33. The number of carbonyl (C=O) groups is 1. The molecular formula is C33H33ClF3N7O3S. The van der Waals surface area contributed by atoms with Gasteiger partial charge in [-0.25, -0.2) is 13.2 Å². The number of ether oxygens (including phenoxy) is 2. The number of thiophene rings is 1. The third kappa shape index (κ3) is 5.14. The van der Waals surface area contributed by atoms with Crippen LogP contribution >= 0.6 is 22.9 Å². The van der Waals surface area contributed by atoms with E-state index in [0.29, 0.717) is 13.0 Å². The summed E-state index contributed by atoms with van der Waals surface area (Å²) in [6.07, 6.45) is 1.15. The molecule has 252 valence electrons. The van der Waals surface area contributed by atoms with Crippen LogP contribution in [0, 0.1) is 23.0 Å². The van der Waals surface area contributed by atoms with Crippen molar-refractivity contribution in [3.8, 4) is 29.0 Å². The van der Waals surface area contributed by atoms with Crippen molar-refractivity contribution in [2.24, 2.45) is 0 Å². The third-order valence-corrected chi connectivity index (χ3v) is 11.1. The molecule has 2 saturated heterocycles. The van der Waals surface area contributed by atoms with E-state index in [-0.39, 0.29) is 103 Å². The lowest BCUT2D eigenvalue weighted by atomic mass is 9.95. The molecule has 0 aliphatic carbocycles. The number of nitriles is 1. The molecule has 0 saturated carbocycles. The highest BCUT2D eigenvalue weighted by molar-refractivity contribution is 7.23. The first-order valence-electron chi connectivity index (χ1n) is 15.7. The number of alkyl halides is 1. The highest BCUT2D eigenvalue weighted by Crippen LogP contribution is 2.51. The summed E-state index contributed by atoms with van der Waals surface area (Å²) in [5.41, 5.74) is 5.41. The Hall–Kier alpha value is -4.06. The SMILES string of the molecule is C[C@H]1COc2c(Cl)c(-c3ccc(F)c4sc(N)c(C#N)c34)c(F)c3nc(OC[C@@]45CCCN4C[C@H](F)C5)nc(c23)N1CCC(=O)N(C)C. The van der Waals surface area contributed by atoms with Crippen molar-refractivity contribution in [1.29, 1.82) is 5.26 Å². The van der Waals surface area contributed by atoms with Crippen LogP contribution < -0.4 is 20.1 Å². The van der Waals surface area contributed by atoms with Gasteiger partial charge in [-0.15, -0.1) is 11.3 Å². The van der Waals surface area contributed by atoms with Crippen LogP contribution in [0.1, 0.15) is 38.2 Å². The molecule has 10 nitrogen and oxygen atoms in total. The molecule has 3 atom stereocenters. The molecule has 1 amide bonds. The van der Waals surface area contributed by atoms with Gasteiger partial charge in [0, 0.05) is 51.0 Å². The second-order valence-electron chi connectivity index (χ2n) is 12.9. The molecule has 0 bridgehead atoms. The van der Waals surface area contributed by atoms with E-state index in [9.17, 15) is 18.8 Å². The molecule has 48 heavy (non-hydrogen) atoms. The zero-order valence-electron chi connectivity index (χ0n) is 26.6. The molecule has 7 rings (SSSR count). The average molecular weight is 700 g/mol. The number of aromatic nitrogens is 2. The van der Waals surface area contributed by atoms with E-state index in [4.69, 9.17) is 31.8 Å². The van der Waals surface area contributed by atoms with Crippen LogP contribution in [0.15, 0.2) is 12.1 Å². The maximum atomic E-state index is 17.1. The van der Waals surface area contributed by atoms with Crippen molar-refractivity contribution in [3.63, 3.8) is 0 Å². The van der Waals surface area contributed by atoms with E-state index >= 15 is 4.39 Å².